The van der Waals surface area contributed by atoms with Gasteiger partial charge < -0.3 is 20.3 Å². The molecular weight excluding hydrogens is 531 g/mol. The predicted octanol–water partition coefficient (Wildman–Crippen LogP) is 4.41. The van der Waals surface area contributed by atoms with Crippen molar-refractivity contribution in [3.05, 3.63) is 53.7 Å². The van der Waals surface area contributed by atoms with Crippen LogP contribution in [0.4, 0.5) is 16.3 Å². The molecule has 0 unspecified atom stereocenters. The van der Waals surface area contributed by atoms with Gasteiger partial charge in [-0.2, -0.15) is 0 Å². The number of anilines is 2. The Kier molecular flexibility index (Phi) is 12.0. The number of benzene rings is 1. The lowest BCUT2D eigenvalue weighted by atomic mass is 10.1. The van der Waals surface area contributed by atoms with Gasteiger partial charge in [0.15, 0.2) is 5.96 Å². The third-order valence-corrected chi connectivity index (χ3v) is 4.30. The lowest BCUT2D eigenvalue weighted by Crippen LogP contribution is -2.38. The van der Waals surface area contributed by atoms with Crippen LogP contribution in [-0.2, 0) is 17.7 Å². The Bertz CT molecular complexity index is 895. The summed E-state index contributed by atoms with van der Waals surface area (Å²) in [6, 6.07) is 13.7. The summed E-state index contributed by atoms with van der Waals surface area (Å²) in [5, 5.41) is 9.37. The Morgan fingerprint density at radius 3 is 2.39 bits per heavy atom. The number of aromatic nitrogens is 1. The second-order valence-electron chi connectivity index (χ2n) is 8.58. The number of pyridine rings is 1. The molecule has 0 radical (unpaired) electrons. The number of nitrogens with zero attached hydrogens (tertiary/aromatic N) is 3. The topological polar surface area (TPSA) is 90.9 Å². The number of nitrogens with one attached hydrogen (secondary N) is 3. The molecule has 0 atom stereocenters. The molecule has 0 aliphatic carbocycles. The molecule has 1 amide bonds. The highest BCUT2D eigenvalue weighted by Gasteiger charge is 2.16. The van der Waals surface area contributed by atoms with Gasteiger partial charge in [-0.05, 0) is 63.9 Å². The van der Waals surface area contributed by atoms with Gasteiger partial charge in [0.25, 0.3) is 0 Å². The second kappa shape index (κ2) is 13.9. The number of carbonyl (C=O) groups is 1. The normalized spacial score (nSPS) is 11.3. The van der Waals surface area contributed by atoms with Crippen molar-refractivity contribution in [3.8, 4) is 0 Å². The van der Waals surface area contributed by atoms with Crippen molar-refractivity contribution in [1.29, 1.82) is 0 Å². The fourth-order valence-electron chi connectivity index (χ4n) is 2.81. The molecule has 0 spiro atoms. The molecule has 2 rings (SSSR count). The second-order valence-corrected chi connectivity index (χ2v) is 8.58. The standard InChI is InChI=1S/C24H36N6O2.HI/c1-7-25-22(27-17-20-9-8-10-21(28-20)30(5)6)26-16-15-18-11-13-19(14-12-18)29-23(31)32-24(2,3)4;/h8-14H,7,15-17H2,1-6H3,(H,29,31)(H2,25,26,27);1H. The number of rotatable bonds is 8. The maximum atomic E-state index is 11.9. The van der Waals surface area contributed by atoms with E-state index in [-0.39, 0.29) is 24.0 Å². The zero-order chi connectivity index (χ0) is 23.6. The van der Waals surface area contributed by atoms with Crippen molar-refractivity contribution in [2.24, 2.45) is 4.99 Å². The van der Waals surface area contributed by atoms with Crippen molar-refractivity contribution < 1.29 is 9.53 Å². The van der Waals surface area contributed by atoms with Crippen molar-refractivity contribution >= 4 is 47.5 Å². The van der Waals surface area contributed by atoms with E-state index in [0.717, 1.165) is 42.5 Å². The van der Waals surface area contributed by atoms with Crippen molar-refractivity contribution in [1.82, 2.24) is 15.6 Å². The van der Waals surface area contributed by atoms with Gasteiger partial charge in [0.2, 0.25) is 0 Å². The SMILES string of the molecule is CCNC(=NCc1cccc(N(C)C)n1)NCCc1ccc(NC(=O)OC(C)(C)C)cc1.I. The van der Waals surface area contributed by atoms with E-state index < -0.39 is 11.7 Å². The molecule has 0 fully saturated rings. The van der Waals surface area contributed by atoms with Crippen molar-refractivity contribution in [2.45, 2.75) is 46.3 Å². The van der Waals surface area contributed by atoms with Crippen LogP contribution in [0.25, 0.3) is 0 Å². The Morgan fingerprint density at radius 1 is 1.09 bits per heavy atom. The molecule has 3 N–H and O–H groups in total. The summed E-state index contributed by atoms with van der Waals surface area (Å²) in [5.41, 5.74) is 2.26. The van der Waals surface area contributed by atoms with Crippen LogP contribution in [-0.4, -0.2) is 49.8 Å². The summed E-state index contributed by atoms with van der Waals surface area (Å²) in [7, 11) is 3.95. The monoisotopic (exact) mass is 568 g/mol. The molecule has 33 heavy (non-hydrogen) atoms. The molecule has 1 heterocycles. The van der Waals surface area contributed by atoms with Gasteiger partial charge in [-0.3, -0.25) is 5.32 Å². The average molecular weight is 569 g/mol. The van der Waals surface area contributed by atoms with Crippen LogP contribution in [0.5, 0.6) is 0 Å². The van der Waals surface area contributed by atoms with E-state index in [9.17, 15) is 4.79 Å². The number of ether oxygens (including phenoxy) is 1. The van der Waals surface area contributed by atoms with Crippen molar-refractivity contribution in [2.75, 3.05) is 37.4 Å². The third kappa shape index (κ3) is 11.2. The van der Waals surface area contributed by atoms with Gasteiger partial charge in [0.05, 0.1) is 12.2 Å². The zero-order valence-corrected chi connectivity index (χ0v) is 22.8. The van der Waals surface area contributed by atoms with Crippen molar-refractivity contribution in [3.63, 3.8) is 0 Å². The first-order chi connectivity index (χ1) is 15.2. The fraction of sp³-hybridized carbons (Fsp3) is 0.458. The quantitative estimate of drug-likeness (QED) is 0.248. The zero-order valence-electron chi connectivity index (χ0n) is 20.4. The fourth-order valence-corrected chi connectivity index (χ4v) is 2.81. The Balaban J connectivity index is 0.00000544. The van der Waals surface area contributed by atoms with Crippen LogP contribution in [0.2, 0.25) is 0 Å². The number of hydrogen-bond donors (Lipinski definition) is 3. The summed E-state index contributed by atoms with van der Waals surface area (Å²) in [6.07, 6.45) is 0.370. The van der Waals surface area contributed by atoms with Crippen LogP contribution < -0.4 is 20.9 Å². The summed E-state index contributed by atoms with van der Waals surface area (Å²) < 4.78 is 5.27. The van der Waals surface area contributed by atoms with E-state index in [2.05, 4.69) is 25.9 Å². The van der Waals surface area contributed by atoms with Gasteiger partial charge in [-0.1, -0.05) is 18.2 Å². The minimum absolute atomic E-state index is 0. The van der Waals surface area contributed by atoms with E-state index in [1.165, 1.54) is 0 Å². The molecule has 0 aliphatic rings. The maximum Gasteiger partial charge on any atom is 0.412 e. The average Bonchev–Trinajstić information content (AvgIpc) is 2.72. The smallest absolute Gasteiger partial charge is 0.412 e. The number of hydrogen-bond acceptors (Lipinski definition) is 5. The first-order valence-electron chi connectivity index (χ1n) is 10.9. The molecule has 0 bridgehead atoms. The highest BCUT2D eigenvalue weighted by Crippen LogP contribution is 2.13. The highest BCUT2D eigenvalue weighted by molar-refractivity contribution is 14.0. The van der Waals surface area contributed by atoms with E-state index in [1.54, 1.807) is 0 Å². The molecule has 0 saturated carbocycles. The molecule has 0 aliphatic heterocycles. The summed E-state index contributed by atoms with van der Waals surface area (Å²) >= 11 is 0. The van der Waals surface area contributed by atoms with Gasteiger partial charge in [-0.15, -0.1) is 24.0 Å². The van der Waals surface area contributed by atoms with E-state index in [4.69, 9.17) is 4.74 Å². The Labute approximate surface area is 214 Å². The van der Waals surface area contributed by atoms with Gasteiger partial charge in [0, 0.05) is 32.9 Å². The molecule has 1 aromatic carbocycles. The molecular formula is C24H37IN6O2. The first kappa shape index (κ1) is 28.5. The molecule has 0 saturated heterocycles. The Hall–Kier alpha value is -2.56. The predicted molar refractivity (Wildman–Crippen MR) is 147 cm³/mol. The van der Waals surface area contributed by atoms with Gasteiger partial charge in [-0.25, -0.2) is 14.8 Å². The first-order valence-corrected chi connectivity index (χ1v) is 10.9. The van der Waals surface area contributed by atoms with Gasteiger partial charge in [0.1, 0.15) is 11.4 Å². The number of amides is 1. The van der Waals surface area contributed by atoms with Crippen LogP contribution in [0.1, 0.15) is 39.0 Å². The minimum atomic E-state index is -0.521. The number of halogens is 1. The third-order valence-electron chi connectivity index (χ3n) is 4.30. The molecule has 182 valence electrons. The molecule has 1 aromatic heterocycles. The number of carbonyl (C=O) groups excluding carboxylic acids is 1. The largest absolute Gasteiger partial charge is 0.444 e. The molecule has 9 heteroatoms. The van der Waals surface area contributed by atoms with E-state index >= 15 is 0 Å². The van der Waals surface area contributed by atoms with Crippen LogP contribution in [0, 0.1) is 0 Å². The van der Waals surface area contributed by atoms with E-state index in [1.807, 2.05) is 89.2 Å². The lowest BCUT2D eigenvalue weighted by molar-refractivity contribution is 0.0636. The Morgan fingerprint density at radius 2 is 1.79 bits per heavy atom. The molecule has 8 nitrogen and oxygen atoms in total. The highest BCUT2D eigenvalue weighted by atomic mass is 127. The lowest BCUT2D eigenvalue weighted by Gasteiger charge is -2.19. The maximum absolute atomic E-state index is 11.9. The molecule has 2 aromatic rings. The number of aliphatic imine (C=N–C) groups is 1. The summed E-state index contributed by atoms with van der Waals surface area (Å²) in [5.74, 6) is 1.67. The van der Waals surface area contributed by atoms with Crippen LogP contribution in [0.3, 0.4) is 0 Å². The summed E-state index contributed by atoms with van der Waals surface area (Å²) in [6.45, 7) is 9.57. The van der Waals surface area contributed by atoms with E-state index in [0.29, 0.717) is 12.2 Å². The number of guanidine groups is 1. The van der Waals surface area contributed by atoms with Crippen LogP contribution >= 0.6 is 24.0 Å². The van der Waals surface area contributed by atoms with Gasteiger partial charge >= 0.3 is 6.09 Å². The van der Waals surface area contributed by atoms with Crippen LogP contribution in [0.15, 0.2) is 47.5 Å². The minimum Gasteiger partial charge on any atom is -0.444 e. The summed E-state index contributed by atoms with van der Waals surface area (Å²) in [4.78, 5) is 23.1.